The van der Waals surface area contributed by atoms with Gasteiger partial charge in [-0.15, -0.1) is 11.3 Å². The Labute approximate surface area is 151 Å². The Morgan fingerprint density at radius 1 is 1.21 bits per heavy atom. The van der Waals surface area contributed by atoms with E-state index >= 15 is 0 Å². The van der Waals surface area contributed by atoms with Crippen molar-refractivity contribution in [2.24, 2.45) is 0 Å². The number of amides is 1. The summed E-state index contributed by atoms with van der Waals surface area (Å²) >= 11 is 4.89. The first kappa shape index (κ1) is 16.8. The number of aromatic nitrogens is 1. The first-order valence-corrected chi connectivity index (χ1v) is 8.90. The molecule has 24 heavy (non-hydrogen) atoms. The number of nitrogens with one attached hydrogen (secondary N) is 1. The molecule has 0 saturated carbocycles. The quantitative estimate of drug-likeness (QED) is 0.648. The molecule has 0 aliphatic heterocycles. The second kappa shape index (κ2) is 7.23. The molecule has 1 N–H and O–H groups in total. The van der Waals surface area contributed by atoms with Crippen molar-refractivity contribution in [1.82, 2.24) is 4.98 Å². The largest absolute Gasteiger partial charge is 0.325 e. The molecule has 0 radical (unpaired) electrons. The molecule has 122 valence electrons. The van der Waals surface area contributed by atoms with Gasteiger partial charge in [-0.3, -0.25) is 4.79 Å². The van der Waals surface area contributed by atoms with Crippen LogP contribution < -0.4 is 5.32 Å². The van der Waals surface area contributed by atoms with Crippen molar-refractivity contribution in [1.29, 1.82) is 0 Å². The molecule has 3 aromatic rings. The Hall–Kier alpha value is -2.05. The number of hydrogen-bond donors (Lipinski definition) is 1. The van der Waals surface area contributed by atoms with E-state index in [4.69, 9.17) is 0 Å². The predicted molar refractivity (Wildman–Crippen MR) is 98.7 cm³/mol. The standard InChI is InChI=1S/C18H14BrFN2OS/c1-11-21-18(12-6-8-13(20)9-7-12)16(24-11)10-17(23)22-15-5-3-2-4-14(15)19/h2-9H,10H2,1H3,(H,22,23). The van der Waals surface area contributed by atoms with Gasteiger partial charge in [0.2, 0.25) is 5.91 Å². The number of para-hydroxylation sites is 1. The summed E-state index contributed by atoms with van der Waals surface area (Å²) in [6.45, 7) is 1.90. The number of aryl methyl sites for hydroxylation is 1. The Bertz CT molecular complexity index is 877. The lowest BCUT2D eigenvalue weighted by atomic mass is 10.1. The second-order valence-corrected chi connectivity index (χ2v) is 7.36. The van der Waals surface area contributed by atoms with E-state index in [2.05, 4.69) is 26.2 Å². The summed E-state index contributed by atoms with van der Waals surface area (Å²) in [6, 6.07) is 13.6. The predicted octanol–water partition coefficient (Wildman–Crippen LogP) is 5.20. The Morgan fingerprint density at radius 3 is 2.62 bits per heavy atom. The minimum Gasteiger partial charge on any atom is -0.325 e. The van der Waals surface area contributed by atoms with Crippen molar-refractivity contribution in [3.8, 4) is 11.3 Å². The molecule has 0 saturated heterocycles. The fraction of sp³-hybridized carbons (Fsp3) is 0.111. The molecule has 0 unspecified atom stereocenters. The molecular formula is C18H14BrFN2OS. The lowest BCUT2D eigenvalue weighted by Gasteiger charge is -2.07. The van der Waals surface area contributed by atoms with Crippen LogP contribution in [0.1, 0.15) is 9.88 Å². The molecule has 0 atom stereocenters. The fourth-order valence-electron chi connectivity index (χ4n) is 2.33. The van der Waals surface area contributed by atoms with Crippen molar-refractivity contribution in [2.75, 3.05) is 5.32 Å². The van der Waals surface area contributed by atoms with Crippen LogP contribution in [-0.4, -0.2) is 10.9 Å². The highest BCUT2D eigenvalue weighted by molar-refractivity contribution is 9.10. The first-order chi connectivity index (χ1) is 11.5. The van der Waals surface area contributed by atoms with Gasteiger partial charge in [0.1, 0.15) is 5.82 Å². The maximum absolute atomic E-state index is 13.1. The van der Waals surface area contributed by atoms with Crippen molar-refractivity contribution in [3.05, 3.63) is 68.7 Å². The number of nitrogens with zero attached hydrogens (tertiary/aromatic N) is 1. The van der Waals surface area contributed by atoms with Gasteiger partial charge in [0, 0.05) is 14.9 Å². The van der Waals surface area contributed by atoms with E-state index in [-0.39, 0.29) is 18.1 Å². The molecule has 0 aliphatic carbocycles. The van der Waals surface area contributed by atoms with Crippen LogP contribution in [0.2, 0.25) is 0 Å². The molecule has 1 aromatic heterocycles. The maximum atomic E-state index is 13.1. The topological polar surface area (TPSA) is 42.0 Å². The van der Waals surface area contributed by atoms with Gasteiger partial charge in [0.15, 0.2) is 0 Å². The zero-order chi connectivity index (χ0) is 17.1. The molecule has 3 rings (SSSR count). The molecule has 0 fully saturated rings. The van der Waals surface area contributed by atoms with Crippen LogP contribution in [0.3, 0.4) is 0 Å². The van der Waals surface area contributed by atoms with Crippen LogP contribution >= 0.6 is 27.3 Å². The minimum atomic E-state index is -0.293. The minimum absolute atomic E-state index is 0.117. The summed E-state index contributed by atoms with van der Waals surface area (Å²) in [5.41, 5.74) is 2.27. The van der Waals surface area contributed by atoms with E-state index in [1.807, 2.05) is 31.2 Å². The Balaban J connectivity index is 1.81. The normalized spacial score (nSPS) is 10.6. The van der Waals surface area contributed by atoms with Gasteiger partial charge in [-0.05, 0) is 59.3 Å². The lowest BCUT2D eigenvalue weighted by Crippen LogP contribution is -2.14. The Kier molecular flexibility index (Phi) is 5.06. The highest BCUT2D eigenvalue weighted by Crippen LogP contribution is 2.29. The van der Waals surface area contributed by atoms with Gasteiger partial charge < -0.3 is 5.32 Å². The smallest absolute Gasteiger partial charge is 0.229 e. The number of carbonyl (C=O) groups is 1. The van der Waals surface area contributed by atoms with Crippen LogP contribution in [0.5, 0.6) is 0 Å². The number of carbonyl (C=O) groups excluding carboxylic acids is 1. The molecule has 0 aliphatic rings. The second-order valence-electron chi connectivity index (χ2n) is 5.22. The Morgan fingerprint density at radius 2 is 1.92 bits per heavy atom. The third-order valence-electron chi connectivity index (χ3n) is 3.39. The van der Waals surface area contributed by atoms with E-state index in [0.717, 1.165) is 31.3 Å². The molecule has 3 nitrogen and oxygen atoms in total. The van der Waals surface area contributed by atoms with E-state index in [1.165, 1.54) is 23.5 Å². The number of benzene rings is 2. The first-order valence-electron chi connectivity index (χ1n) is 7.29. The van der Waals surface area contributed by atoms with Crippen LogP contribution in [-0.2, 0) is 11.2 Å². The highest BCUT2D eigenvalue weighted by atomic mass is 79.9. The fourth-order valence-corrected chi connectivity index (χ4v) is 3.67. The highest BCUT2D eigenvalue weighted by Gasteiger charge is 2.15. The van der Waals surface area contributed by atoms with Gasteiger partial charge in [0.25, 0.3) is 0 Å². The van der Waals surface area contributed by atoms with Crippen LogP contribution in [0, 0.1) is 12.7 Å². The summed E-state index contributed by atoms with van der Waals surface area (Å²) < 4.78 is 13.9. The van der Waals surface area contributed by atoms with Gasteiger partial charge >= 0.3 is 0 Å². The van der Waals surface area contributed by atoms with E-state index in [1.54, 1.807) is 12.1 Å². The van der Waals surface area contributed by atoms with Gasteiger partial charge in [-0.2, -0.15) is 0 Å². The van der Waals surface area contributed by atoms with Crippen LogP contribution in [0.15, 0.2) is 53.0 Å². The average Bonchev–Trinajstić information content (AvgIpc) is 2.90. The SMILES string of the molecule is Cc1nc(-c2ccc(F)cc2)c(CC(=O)Nc2ccccc2Br)s1. The average molecular weight is 405 g/mol. The molecule has 1 heterocycles. The molecule has 0 bridgehead atoms. The van der Waals surface area contributed by atoms with Crippen molar-refractivity contribution >= 4 is 38.9 Å². The van der Waals surface area contributed by atoms with Crippen LogP contribution in [0.4, 0.5) is 10.1 Å². The summed E-state index contributed by atoms with van der Waals surface area (Å²) in [6.07, 6.45) is 0.222. The summed E-state index contributed by atoms with van der Waals surface area (Å²) in [4.78, 5) is 17.7. The third kappa shape index (κ3) is 3.88. The van der Waals surface area contributed by atoms with E-state index in [9.17, 15) is 9.18 Å². The summed E-state index contributed by atoms with van der Waals surface area (Å²) in [7, 11) is 0. The summed E-state index contributed by atoms with van der Waals surface area (Å²) in [5.74, 6) is -0.409. The molecule has 6 heteroatoms. The van der Waals surface area contributed by atoms with Gasteiger partial charge in [0.05, 0.1) is 22.8 Å². The number of anilines is 1. The molecule has 2 aromatic carbocycles. The van der Waals surface area contributed by atoms with Crippen molar-refractivity contribution < 1.29 is 9.18 Å². The molecule has 0 spiro atoms. The zero-order valence-corrected chi connectivity index (χ0v) is 15.2. The monoisotopic (exact) mass is 404 g/mol. The van der Waals surface area contributed by atoms with E-state index in [0.29, 0.717) is 0 Å². The molecular weight excluding hydrogens is 391 g/mol. The van der Waals surface area contributed by atoms with Crippen LogP contribution in [0.25, 0.3) is 11.3 Å². The van der Waals surface area contributed by atoms with Gasteiger partial charge in [-0.1, -0.05) is 12.1 Å². The zero-order valence-electron chi connectivity index (χ0n) is 12.8. The number of hydrogen-bond acceptors (Lipinski definition) is 3. The van der Waals surface area contributed by atoms with Crippen molar-refractivity contribution in [2.45, 2.75) is 13.3 Å². The number of rotatable bonds is 4. The summed E-state index contributed by atoms with van der Waals surface area (Å²) in [5, 5.41) is 3.76. The van der Waals surface area contributed by atoms with Gasteiger partial charge in [-0.25, -0.2) is 9.37 Å². The lowest BCUT2D eigenvalue weighted by molar-refractivity contribution is -0.115. The third-order valence-corrected chi connectivity index (χ3v) is 5.05. The van der Waals surface area contributed by atoms with E-state index < -0.39 is 0 Å². The van der Waals surface area contributed by atoms with Crippen molar-refractivity contribution in [3.63, 3.8) is 0 Å². The maximum Gasteiger partial charge on any atom is 0.229 e. The number of thiazole rings is 1. The number of halogens is 2. The molecule has 1 amide bonds.